The Bertz CT molecular complexity index is 312. The molecule has 0 saturated carbocycles. The summed E-state index contributed by atoms with van der Waals surface area (Å²) >= 11 is 3.32. The number of methoxy groups -OCH3 is 1. The predicted molar refractivity (Wildman–Crippen MR) is 56.4 cm³/mol. The van der Waals surface area contributed by atoms with Crippen LogP contribution >= 0.6 is 15.9 Å². The van der Waals surface area contributed by atoms with Gasteiger partial charge in [-0.3, -0.25) is 0 Å². The van der Waals surface area contributed by atoms with Gasteiger partial charge in [0.2, 0.25) is 0 Å². The van der Waals surface area contributed by atoms with Crippen molar-refractivity contribution in [1.29, 1.82) is 0 Å². The van der Waals surface area contributed by atoms with Gasteiger partial charge in [-0.05, 0) is 17.7 Å². The molecular formula is C10H11BrO3. The van der Waals surface area contributed by atoms with Gasteiger partial charge < -0.3 is 9.47 Å². The zero-order valence-corrected chi connectivity index (χ0v) is 9.41. The highest BCUT2D eigenvalue weighted by atomic mass is 79.9. The van der Waals surface area contributed by atoms with Crippen molar-refractivity contribution in [3.8, 4) is 0 Å². The van der Waals surface area contributed by atoms with E-state index < -0.39 is 0 Å². The standard InChI is InChI=1S/C10H11BrO3/c1-13-7-14-10(12)9-4-2-3-8(5-9)6-11/h2-5H,6-7H2,1H3. The van der Waals surface area contributed by atoms with Gasteiger partial charge in [-0.25, -0.2) is 4.79 Å². The van der Waals surface area contributed by atoms with Gasteiger partial charge >= 0.3 is 5.97 Å². The number of halogens is 1. The average Bonchev–Trinajstić information content (AvgIpc) is 2.26. The minimum absolute atomic E-state index is 0.0165. The number of hydrogen-bond donors (Lipinski definition) is 0. The zero-order valence-electron chi connectivity index (χ0n) is 7.83. The summed E-state index contributed by atoms with van der Waals surface area (Å²) in [6.45, 7) is -0.0165. The maximum Gasteiger partial charge on any atom is 0.340 e. The summed E-state index contributed by atoms with van der Waals surface area (Å²) < 4.78 is 9.44. The predicted octanol–water partition coefficient (Wildman–Crippen LogP) is 2.34. The number of esters is 1. The Balaban J connectivity index is 2.69. The fourth-order valence-corrected chi connectivity index (χ4v) is 1.33. The van der Waals surface area contributed by atoms with E-state index in [2.05, 4.69) is 20.7 Å². The topological polar surface area (TPSA) is 35.5 Å². The van der Waals surface area contributed by atoms with E-state index >= 15 is 0 Å². The Morgan fingerprint density at radius 2 is 2.29 bits per heavy atom. The SMILES string of the molecule is COCOC(=O)c1cccc(CBr)c1. The number of carbonyl (C=O) groups is 1. The molecule has 4 heteroatoms. The van der Waals surface area contributed by atoms with Crippen LogP contribution in [0.5, 0.6) is 0 Å². The highest BCUT2D eigenvalue weighted by molar-refractivity contribution is 9.08. The van der Waals surface area contributed by atoms with Gasteiger partial charge in [-0.1, -0.05) is 28.1 Å². The Kier molecular flexibility index (Phi) is 4.62. The molecule has 0 aliphatic heterocycles. The minimum Gasteiger partial charge on any atom is -0.435 e. The van der Waals surface area contributed by atoms with E-state index in [0.717, 1.165) is 10.9 Å². The van der Waals surface area contributed by atoms with E-state index in [-0.39, 0.29) is 12.8 Å². The van der Waals surface area contributed by atoms with E-state index in [1.54, 1.807) is 12.1 Å². The Morgan fingerprint density at radius 3 is 2.93 bits per heavy atom. The van der Waals surface area contributed by atoms with Crippen LogP contribution in [0.25, 0.3) is 0 Å². The molecule has 14 heavy (non-hydrogen) atoms. The van der Waals surface area contributed by atoms with Crippen LogP contribution in [0.15, 0.2) is 24.3 Å². The lowest BCUT2D eigenvalue weighted by Crippen LogP contribution is -2.07. The van der Waals surface area contributed by atoms with Gasteiger partial charge in [-0.15, -0.1) is 0 Å². The number of alkyl halides is 1. The lowest BCUT2D eigenvalue weighted by molar-refractivity contribution is -0.0125. The van der Waals surface area contributed by atoms with Crippen molar-refractivity contribution in [3.05, 3.63) is 35.4 Å². The van der Waals surface area contributed by atoms with E-state index in [1.807, 2.05) is 12.1 Å². The second-order valence-electron chi connectivity index (χ2n) is 2.67. The zero-order chi connectivity index (χ0) is 10.4. The van der Waals surface area contributed by atoms with Crippen molar-refractivity contribution < 1.29 is 14.3 Å². The van der Waals surface area contributed by atoms with Crippen molar-refractivity contribution in [2.24, 2.45) is 0 Å². The van der Waals surface area contributed by atoms with Crippen LogP contribution in [-0.4, -0.2) is 19.9 Å². The summed E-state index contributed by atoms with van der Waals surface area (Å²) in [5.74, 6) is -0.366. The fourth-order valence-electron chi connectivity index (χ4n) is 0.977. The second-order valence-corrected chi connectivity index (χ2v) is 3.23. The van der Waals surface area contributed by atoms with E-state index in [9.17, 15) is 4.79 Å². The van der Waals surface area contributed by atoms with E-state index in [4.69, 9.17) is 4.74 Å². The summed E-state index contributed by atoms with van der Waals surface area (Å²) in [7, 11) is 1.47. The van der Waals surface area contributed by atoms with Gasteiger partial charge in [-0.2, -0.15) is 0 Å². The van der Waals surface area contributed by atoms with Gasteiger partial charge in [0.25, 0.3) is 0 Å². The maximum absolute atomic E-state index is 11.4. The quantitative estimate of drug-likeness (QED) is 0.473. The normalized spacial score (nSPS) is 9.86. The van der Waals surface area contributed by atoms with Crippen LogP contribution in [0.4, 0.5) is 0 Å². The first-order chi connectivity index (χ1) is 6.77. The first-order valence-electron chi connectivity index (χ1n) is 4.09. The van der Waals surface area contributed by atoms with Crippen LogP contribution in [0.3, 0.4) is 0 Å². The van der Waals surface area contributed by atoms with Crippen molar-refractivity contribution in [1.82, 2.24) is 0 Å². The van der Waals surface area contributed by atoms with Crippen molar-refractivity contribution >= 4 is 21.9 Å². The fraction of sp³-hybridized carbons (Fsp3) is 0.300. The highest BCUT2D eigenvalue weighted by Gasteiger charge is 2.06. The maximum atomic E-state index is 11.4. The molecule has 0 bridgehead atoms. The van der Waals surface area contributed by atoms with E-state index in [0.29, 0.717) is 5.56 Å². The monoisotopic (exact) mass is 258 g/mol. The average molecular weight is 259 g/mol. The molecule has 0 aromatic heterocycles. The van der Waals surface area contributed by atoms with Gasteiger partial charge in [0.15, 0.2) is 6.79 Å². The molecule has 1 rings (SSSR count). The smallest absolute Gasteiger partial charge is 0.340 e. The molecule has 0 radical (unpaired) electrons. The molecular weight excluding hydrogens is 248 g/mol. The third-order valence-electron chi connectivity index (χ3n) is 1.62. The molecule has 0 atom stereocenters. The Morgan fingerprint density at radius 1 is 1.50 bits per heavy atom. The highest BCUT2D eigenvalue weighted by Crippen LogP contribution is 2.09. The Hall–Kier alpha value is -0.870. The number of rotatable bonds is 4. The number of ether oxygens (including phenoxy) is 2. The third kappa shape index (κ3) is 3.12. The molecule has 1 aromatic carbocycles. The molecule has 0 aliphatic rings. The molecule has 3 nitrogen and oxygen atoms in total. The number of hydrogen-bond acceptors (Lipinski definition) is 3. The van der Waals surface area contributed by atoms with Crippen molar-refractivity contribution in [3.63, 3.8) is 0 Å². The number of carbonyl (C=O) groups excluding carboxylic acids is 1. The van der Waals surface area contributed by atoms with Gasteiger partial charge in [0.1, 0.15) is 0 Å². The largest absolute Gasteiger partial charge is 0.435 e. The van der Waals surface area contributed by atoms with Crippen LogP contribution in [-0.2, 0) is 14.8 Å². The Labute approximate surface area is 91.1 Å². The summed E-state index contributed by atoms with van der Waals surface area (Å²) in [6.07, 6.45) is 0. The summed E-state index contributed by atoms with van der Waals surface area (Å²) in [6, 6.07) is 7.25. The molecule has 0 fully saturated rings. The summed E-state index contributed by atoms with van der Waals surface area (Å²) in [5.41, 5.74) is 1.58. The number of benzene rings is 1. The molecule has 0 spiro atoms. The molecule has 0 N–H and O–H groups in total. The van der Waals surface area contributed by atoms with Crippen molar-refractivity contribution in [2.75, 3.05) is 13.9 Å². The van der Waals surface area contributed by atoms with Crippen LogP contribution in [0.1, 0.15) is 15.9 Å². The van der Waals surface area contributed by atoms with E-state index in [1.165, 1.54) is 7.11 Å². The van der Waals surface area contributed by atoms with Crippen LogP contribution in [0.2, 0.25) is 0 Å². The summed E-state index contributed by atoms with van der Waals surface area (Å²) in [5, 5.41) is 0.721. The van der Waals surface area contributed by atoms with Crippen LogP contribution in [0, 0.1) is 0 Å². The molecule has 1 aromatic rings. The van der Waals surface area contributed by atoms with Gasteiger partial charge in [0.05, 0.1) is 5.56 Å². The molecule has 0 amide bonds. The first-order valence-corrected chi connectivity index (χ1v) is 5.21. The molecule has 0 saturated heterocycles. The molecule has 0 aliphatic carbocycles. The third-order valence-corrected chi connectivity index (χ3v) is 2.27. The first kappa shape index (κ1) is 11.2. The van der Waals surface area contributed by atoms with Gasteiger partial charge in [0, 0.05) is 12.4 Å². The molecule has 0 unspecified atom stereocenters. The lowest BCUT2D eigenvalue weighted by Gasteiger charge is -2.03. The minimum atomic E-state index is -0.366. The lowest BCUT2D eigenvalue weighted by atomic mass is 10.1. The molecule has 0 heterocycles. The molecule has 76 valence electrons. The van der Waals surface area contributed by atoms with Crippen LogP contribution < -0.4 is 0 Å². The summed E-state index contributed by atoms with van der Waals surface area (Å²) in [4.78, 5) is 11.4. The second kappa shape index (κ2) is 5.78. The van der Waals surface area contributed by atoms with Crippen molar-refractivity contribution in [2.45, 2.75) is 5.33 Å².